The second-order valence-corrected chi connectivity index (χ2v) is 8.26. The monoisotopic (exact) mass is 459 g/mol. The maximum atomic E-state index is 13.2. The Morgan fingerprint density at radius 3 is 2.42 bits per heavy atom. The Morgan fingerprint density at radius 1 is 1.15 bits per heavy atom. The molecule has 1 fully saturated rings. The van der Waals surface area contributed by atoms with Crippen molar-refractivity contribution in [2.75, 3.05) is 19.7 Å². The molecule has 2 unspecified atom stereocenters. The number of hydrogen-bond acceptors (Lipinski definition) is 6. The Balaban J connectivity index is 1.68. The minimum absolute atomic E-state index is 0.0293. The van der Waals surface area contributed by atoms with E-state index >= 15 is 0 Å². The van der Waals surface area contributed by atoms with Crippen LogP contribution < -0.4 is 4.74 Å². The second-order valence-electron chi connectivity index (χ2n) is 8.26. The van der Waals surface area contributed by atoms with Crippen LogP contribution >= 0.6 is 0 Å². The normalized spacial score (nSPS) is 18.7. The molecule has 0 aliphatic carbocycles. The van der Waals surface area contributed by atoms with Crippen molar-refractivity contribution in [1.29, 1.82) is 0 Å². The molecule has 2 atom stereocenters. The molecule has 1 amide bonds. The maximum Gasteiger partial charge on any atom is 0.342 e. The van der Waals surface area contributed by atoms with E-state index in [0.717, 1.165) is 11.6 Å². The van der Waals surface area contributed by atoms with Crippen molar-refractivity contribution in [1.82, 2.24) is 9.80 Å². The maximum absolute atomic E-state index is 13.2. The van der Waals surface area contributed by atoms with E-state index in [9.17, 15) is 29.2 Å². The fourth-order valence-electron chi connectivity index (χ4n) is 4.02. The number of carboxylic acid groups (broad SMARTS) is 1. The average Bonchev–Trinajstić information content (AvgIpc) is 2.75. The van der Waals surface area contributed by atoms with Crippen molar-refractivity contribution >= 4 is 17.6 Å². The number of nitro benzene ring substituents is 1. The summed E-state index contributed by atoms with van der Waals surface area (Å²) in [7, 11) is 0. The summed E-state index contributed by atoms with van der Waals surface area (Å²) in [4.78, 5) is 38.8. The molecule has 1 aliphatic rings. The quantitative estimate of drug-likeness (QED) is 0.499. The lowest BCUT2D eigenvalue weighted by molar-refractivity contribution is -0.386. The zero-order valence-corrected chi connectivity index (χ0v) is 18.7. The van der Waals surface area contributed by atoms with E-state index in [1.165, 1.54) is 18.2 Å². The molecule has 176 valence electrons. The van der Waals surface area contributed by atoms with Gasteiger partial charge >= 0.3 is 11.7 Å². The van der Waals surface area contributed by atoms with Crippen LogP contribution in [0.25, 0.3) is 0 Å². The van der Waals surface area contributed by atoms with Crippen LogP contribution in [0.2, 0.25) is 0 Å². The van der Waals surface area contributed by atoms with Crippen molar-refractivity contribution in [2.24, 2.45) is 0 Å². The molecule has 1 heterocycles. The SMILES string of the molecule is Cc1ccc(C(=O)O)c([N+](=O)[O-])c1OCC(=O)N1CC(C)N(Cc2ccc(F)cc2)CC1C. The van der Waals surface area contributed by atoms with Gasteiger partial charge in [0.15, 0.2) is 6.61 Å². The van der Waals surface area contributed by atoms with Crippen molar-refractivity contribution in [3.63, 3.8) is 0 Å². The molecule has 1 aliphatic heterocycles. The molecular formula is C23H26FN3O6. The van der Waals surface area contributed by atoms with Gasteiger partial charge in [-0.2, -0.15) is 0 Å². The summed E-state index contributed by atoms with van der Waals surface area (Å²) in [6.07, 6.45) is 0. The van der Waals surface area contributed by atoms with Gasteiger partial charge in [0.2, 0.25) is 5.75 Å². The minimum Gasteiger partial charge on any atom is -0.477 e. The third-order valence-electron chi connectivity index (χ3n) is 5.82. The first-order valence-corrected chi connectivity index (χ1v) is 10.5. The van der Waals surface area contributed by atoms with Gasteiger partial charge in [-0.25, -0.2) is 9.18 Å². The predicted octanol–water partition coefficient (Wildman–Crippen LogP) is 3.24. The standard InChI is InChI=1S/C23H26FN3O6/c1-14-4-9-19(23(29)30)21(27(31)32)22(14)33-13-20(28)26-11-15(2)25(10-16(26)3)12-17-5-7-18(24)8-6-17/h4-9,15-16H,10-13H2,1-3H3,(H,29,30). The number of nitrogens with zero attached hydrogens (tertiary/aromatic N) is 3. The van der Waals surface area contributed by atoms with E-state index in [-0.39, 0.29) is 29.6 Å². The number of piperazine rings is 1. The van der Waals surface area contributed by atoms with Crippen LogP contribution in [0.15, 0.2) is 36.4 Å². The summed E-state index contributed by atoms with van der Waals surface area (Å²) in [5, 5.41) is 20.7. The molecule has 2 aromatic rings. The third kappa shape index (κ3) is 5.46. The van der Waals surface area contributed by atoms with Gasteiger partial charge in [0.1, 0.15) is 11.4 Å². The smallest absolute Gasteiger partial charge is 0.342 e. The Labute approximate surface area is 190 Å². The summed E-state index contributed by atoms with van der Waals surface area (Å²) in [5.74, 6) is -2.30. The fraction of sp³-hybridized carbons (Fsp3) is 0.391. The van der Waals surface area contributed by atoms with Crippen LogP contribution in [-0.2, 0) is 11.3 Å². The Kier molecular flexibility index (Phi) is 7.27. The molecule has 1 saturated heterocycles. The van der Waals surface area contributed by atoms with E-state index in [1.54, 1.807) is 24.0 Å². The van der Waals surface area contributed by atoms with Crippen LogP contribution in [0.3, 0.4) is 0 Å². The first-order chi connectivity index (χ1) is 15.6. The highest BCUT2D eigenvalue weighted by molar-refractivity contribution is 5.94. The second kappa shape index (κ2) is 9.95. The summed E-state index contributed by atoms with van der Waals surface area (Å²) < 4.78 is 18.7. The number of rotatable bonds is 7. The number of amides is 1. The summed E-state index contributed by atoms with van der Waals surface area (Å²) in [6, 6.07) is 8.75. The molecule has 1 N–H and O–H groups in total. The summed E-state index contributed by atoms with van der Waals surface area (Å²) >= 11 is 0. The average molecular weight is 459 g/mol. The first-order valence-electron chi connectivity index (χ1n) is 10.5. The zero-order valence-electron chi connectivity index (χ0n) is 18.7. The first kappa shape index (κ1) is 24.1. The van der Waals surface area contributed by atoms with Gasteiger partial charge in [-0.1, -0.05) is 18.2 Å². The molecule has 0 radical (unpaired) electrons. The van der Waals surface area contributed by atoms with Crippen molar-refractivity contribution in [3.05, 3.63) is 69.0 Å². The van der Waals surface area contributed by atoms with Crippen molar-refractivity contribution in [2.45, 2.75) is 39.4 Å². The number of carbonyl (C=O) groups is 2. The number of carboxylic acids is 1. The van der Waals surface area contributed by atoms with Gasteiger partial charge in [0.05, 0.1) is 4.92 Å². The highest BCUT2D eigenvalue weighted by Gasteiger charge is 2.33. The van der Waals surface area contributed by atoms with Gasteiger partial charge in [-0.05, 0) is 50.1 Å². The van der Waals surface area contributed by atoms with E-state index in [4.69, 9.17) is 4.74 Å². The lowest BCUT2D eigenvalue weighted by Crippen LogP contribution is -2.58. The molecule has 3 rings (SSSR count). The predicted molar refractivity (Wildman–Crippen MR) is 118 cm³/mol. The lowest BCUT2D eigenvalue weighted by Gasteiger charge is -2.44. The zero-order chi connectivity index (χ0) is 24.3. The number of aromatic carboxylic acids is 1. The number of nitro groups is 1. The number of halogens is 1. The van der Waals surface area contributed by atoms with E-state index in [1.807, 2.05) is 13.8 Å². The number of ether oxygens (including phenoxy) is 1. The van der Waals surface area contributed by atoms with Crippen molar-refractivity contribution in [3.8, 4) is 5.75 Å². The van der Waals surface area contributed by atoms with Crippen LogP contribution in [0.4, 0.5) is 10.1 Å². The van der Waals surface area contributed by atoms with E-state index < -0.39 is 28.8 Å². The van der Waals surface area contributed by atoms with Gasteiger partial charge in [-0.3, -0.25) is 19.8 Å². The fourth-order valence-corrected chi connectivity index (χ4v) is 4.02. The Morgan fingerprint density at radius 2 is 1.82 bits per heavy atom. The highest BCUT2D eigenvalue weighted by atomic mass is 19.1. The number of hydrogen-bond donors (Lipinski definition) is 1. The molecular weight excluding hydrogens is 433 g/mol. The molecule has 10 heteroatoms. The molecule has 0 bridgehead atoms. The molecule has 0 aromatic heterocycles. The molecule has 2 aromatic carbocycles. The van der Waals surface area contributed by atoms with Crippen LogP contribution in [0.1, 0.15) is 35.3 Å². The number of benzene rings is 2. The van der Waals surface area contributed by atoms with Gasteiger partial charge in [0.25, 0.3) is 5.91 Å². The molecule has 0 saturated carbocycles. The molecule has 9 nitrogen and oxygen atoms in total. The van der Waals surface area contributed by atoms with Crippen LogP contribution in [0, 0.1) is 22.9 Å². The Bertz CT molecular complexity index is 1060. The number of carbonyl (C=O) groups excluding carboxylic acids is 1. The minimum atomic E-state index is -1.45. The third-order valence-corrected chi connectivity index (χ3v) is 5.82. The van der Waals surface area contributed by atoms with E-state index in [0.29, 0.717) is 25.2 Å². The van der Waals surface area contributed by atoms with Gasteiger partial charge in [0, 0.05) is 31.7 Å². The Hall–Kier alpha value is -3.53. The van der Waals surface area contributed by atoms with Gasteiger partial charge < -0.3 is 14.7 Å². The van der Waals surface area contributed by atoms with Crippen molar-refractivity contribution < 1.29 is 28.7 Å². The topological polar surface area (TPSA) is 113 Å². The lowest BCUT2D eigenvalue weighted by atomic mass is 10.1. The van der Waals surface area contributed by atoms with E-state index in [2.05, 4.69) is 4.90 Å². The summed E-state index contributed by atoms with van der Waals surface area (Å²) in [5.41, 5.74) is 0.176. The number of aryl methyl sites for hydroxylation is 1. The van der Waals surface area contributed by atoms with Crippen LogP contribution in [0.5, 0.6) is 5.75 Å². The molecule has 33 heavy (non-hydrogen) atoms. The van der Waals surface area contributed by atoms with Gasteiger partial charge in [-0.15, -0.1) is 0 Å². The largest absolute Gasteiger partial charge is 0.477 e. The molecule has 0 spiro atoms. The van der Waals surface area contributed by atoms with Crippen LogP contribution in [-0.4, -0.2) is 63.5 Å². The summed E-state index contributed by atoms with van der Waals surface area (Å²) in [6.45, 7) is 6.65. The highest BCUT2D eigenvalue weighted by Crippen LogP contribution is 2.34.